The van der Waals surface area contributed by atoms with E-state index in [1.54, 1.807) is 0 Å². The molecule has 0 heterocycles. The molecule has 0 unspecified atom stereocenters. The molecular formula is C10H14F2O2. The summed E-state index contributed by atoms with van der Waals surface area (Å²) >= 11 is 0. The zero-order valence-corrected chi connectivity index (χ0v) is 8.13. The molecule has 14 heavy (non-hydrogen) atoms. The van der Waals surface area contributed by atoms with Gasteiger partial charge in [0.05, 0.1) is 19.8 Å². The highest BCUT2D eigenvalue weighted by atomic mass is 19.1. The van der Waals surface area contributed by atoms with Crippen molar-refractivity contribution in [3.8, 4) is 0 Å². The fourth-order valence-corrected chi connectivity index (χ4v) is 0.956. The van der Waals surface area contributed by atoms with Crippen molar-refractivity contribution in [2.75, 3.05) is 7.11 Å². The van der Waals surface area contributed by atoms with Gasteiger partial charge in [0.2, 0.25) is 0 Å². The largest absolute Gasteiger partial charge is 0.469 e. The predicted molar refractivity (Wildman–Crippen MR) is 49.9 cm³/mol. The Morgan fingerprint density at radius 3 is 2.43 bits per heavy atom. The van der Waals surface area contributed by atoms with Crippen LogP contribution in [0.15, 0.2) is 24.3 Å². The van der Waals surface area contributed by atoms with Gasteiger partial charge in [-0.2, -0.15) is 0 Å². The Kier molecular flexibility index (Phi) is 7.70. The lowest BCUT2D eigenvalue weighted by molar-refractivity contribution is -0.140. The number of carbonyl (C=O) groups excluding carboxylic acids is 1. The highest BCUT2D eigenvalue weighted by Crippen LogP contribution is 2.11. The van der Waals surface area contributed by atoms with Crippen LogP contribution in [-0.4, -0.2) is 13.1 Å². The minimum Gasteiger partial charge on any atom is -0.469 e. The Balaban J connectivity index is 3.58. The molecule has 4 heteroatoms. The first-order valence-corrected chi connectivity index (χ1v) is 4.37. The summed E-state index contributed by atoms with van der Waals surface area (Å²) in [5, 5.41) is 0. The molecule has 0 aromatic rings. The molecule has 2 nitrogen and oxygen atoms in total. The van der Waals surface area contributed by atoms with E-state index in [1.807, 2.05) is 0 Å². The number of methoxy groups -OCH3 is 1. The first-order valence-electron chi connectivity index (χ1n) is 4.37. The molecule has 0 rings (SSSR count). The molecule has 0 spiro atoms. The Labute approximate surface area is 82.3 Å². The molecule has 0 saturated carbocycles. The zero-order chi connectivity index (χ0) is 10.8. The first-order chi connectivity index (χ1) is 6.74. The van der Waals surface area contributed by atoms with E-state index >= 15 is 0 Å². The lowest BCUT2D eigenvalue weighted by Gasteiger charge is -2.00. The monoisotopic (exact) mass is 204 g/mol. The number of ether oxygens (including phenoxy) is 1. The van der Waals surface area contributed by atoms with E-state index in [4.69, 9.17) is 0 Å². The van der Waals surface area contributed by atoms with Crippen molar-refractivity contribution >= 4 is 5.97 Å². The van der Waals surface area contributed by atoms with E-state index in [0.29, 0.717) is 38.3 Å². The Morgan fingerprint density at radius 2 is 1.93 bits per heavy atom. The van der Waals surface area contributed by atoms with Gasteiger partial charge >= 0.3 is 5.97 Å². The third-order valence-corrected chi connectivity index (χ3v) is 1.74. The number of esters is 1. The summed E-state index contributed by atoms with van der Waals surface area (Å²) in [5.74, 6) is -0.281. The molecule has 0 radical (unpaired) electrons. The second-order valence-electron chi connectivity index (χ2n) is 2.76. The van der Waals surface area contributed by atoms with E-state index in [-0.39, 0.29) is 11.5 Å². The van der Waals surface area contributed by atoms with Gasteiger partial charge in [-0.05, 0) is 30.9 Å². The van der Waals surface area contributed by atoms with Crippen molar-refractivity contribution in [1.29, 1.82) is 0 Å². The SMILES string of the molecule is COC(=O)CCCCC(/C=C/F)=C\F. The van der Waals surface area contributed by atoms with Gasteiger partial charge in [-0.25, -0.2) is 8.78 Å². The third kappa shape index (κ3) is 6.34. The minimum atomic E-state index is -0.281. The molecule has 0 aromatic carbocycles. The summed E-state index contributed by atoms with van der Waals surface area (Å²) in [6.45, 7) is 0. The lowest BCUT2D eigenvalue weighted by Crippen LogP contribution is -1.99. The van der Waals surface area contributed by atoms with Gasteiger partial charge in [-0.3, -0.25) is 4.79 Å². The predicted octanol–water partition coefficient (Wildman–Crippen LogP) is 3.06. The van der Waals surface area contributed by atoms with E-state index in [0.717, 1.165) is 6.08 Å². The quantitative estimate of drug-likeness (QED) is 0.377. The molecule has 0 fully saturated rings. The van der Waals surface area contributed by atoms with Crippen LogP contribution in [0.25, 0.3) is 0 Å². The maximum Gasteiger partial charge on any atom is 0.305 e. The summed E-state index contributed by atoms with van der Waals surface area (Å²) in [6.07, 6.45) is 3.72. The number of rotatable bonds is 6. The highest BCUT2D eigenvalue weighted by molar-refractivity contribution is 5.68. The Morgan fingerprint density at radius 1 is 1.29 bits per heavy atom. The number of hydrogen-bond donors (Lipinski definition) is 0. The summed E-state index contributed by atoms with van der Waals surface area (Å²) in [6, 6.07) is 0. The van der Waals surface area contributed by atoms with Gasteiger partial charge in [0, 0.05) is 6.42 Å². The molecular weight excluding hydrogens is 190 g/mol. The topological polar surface area (TPSA) is 26.3 Å². The fraction of sp³-hybridized carbons (Fsp3) is 0.500. The van der Waals surface area contributed by atoms with Crippen LogP contribution in [0.2, 0.25) is 0 Å². The van der Waals surface area contributed by atoms with Crippen LogP contribution >= 0.6 is 0 Å². The van der Waals surface area contributed by atoms with Crippen LogP contribution in [0.1, 0.15) is 25.7 Å². The first kappa shape index (κ1) is 12.8. The van der Waals surface area contributed by atoms with Crippen molar-refractivity contribution in [3.63, 3.8) is 0 Å². The smallest absolute Gasteiger partial charge is 0.305 e. The standard InChI is InChI=1S/C10H14F2O2/c1-14-10(13)5-3-2-4-9(8-12)6-7-11/h6-8H,2-5H2,1H3/b7-6+,9-8+. The molecule has 0 amide bonds. The maximum absolute atomic E-state index is 12.0. The van der Waals surface area contributed by atoms with Crippen LogP contribution in [0.5, 0.6) is 0 Å². The molecule has 0 aliphatic rings. The Hall–Kier alpha value is -1.19. The van der Waals surface area contributed by atoms with Crippen LogP contribution in [-0.2, 0) is 9.53 Å². The van der Waals surface area contributed by atoms with Gasteiger partial charge in [0.25, 0.3) is 0 Å². The molecule has 0 aromatic heterocycles. The normalized spacial score (nSPS) is 12.1. The van der Waals surface area contributed by atoms with Crippen molar-refractivity contribution in [1.82, 2.24) is 0 Å². The van der Waals surface area contributed by atoms with E-state index < -0.39 is 0 Å². The minimum absolute atomic E-state index is 0.281. The van der Waals surface area contributed by atoms with Gasteiger partial charge in [-0.15, -0.1) is 0 Å². The van der Waals surface area contributed by atoms with E-state index in [2.05, 4.69) is 4.74 Å². The van der Waals surface area contributed by atoms with Crippen molar-refractivity contribution in [2.24, 2.45) is 0 Å². The van der Waals surface area contributed by atoms with E-state index in [9.17, 15) is 13.6 Å². The molecule has 0 N–H and O–H groups in total. The van der Waals surface area contributed by atoms with Crippen LogP contribution in [0, 0.1) is 0 Å². The second-order valence-corrected chi connectivity index (χ2v) is 2.76. The summed E-state index contributed by atoms with van der Waals surface area (Å²) in [5.41, 5.74) is 0.289. The van der Waals surface area contributed by atoms with Crippen molar-refractivity contribution in [2.45, 2.75) is 25.7 Å². The number of carbonyl (C=O) groups is 1. The molecule has 0 aliphatic heterocycles. The number of unbranched alkanes of at least 4 members (excludes halogenated alkanes) is 1. The average Bonchev–Trinajstić information content (AvgIpc) is 2.22. The summed E-state index contributed by atoms with van der Waals surface area (Å²) < 4.78 is 28.1. The molecule has 0 bridgehead atoms. The van der Waals surface area contributed by atoms with Crippen LogP contribution in [0.4, 0.5) is 8.78 Å². The summed E-state index contributed by atoms with van der Waals surface area (Å²) in [4.78, 5) is 10.7. The van der Waals surface area contributed by atoms with Gasteiger partial charge in [-0.1, -0.05) is 0 Å². The molecule has 0 atom stereocenters. The van der Waals surface area contributed by atoms with Crippen molar-refractivity contribution < 1.29 is 18.3 Å². The maximum atomic E-state index is 12.0. The Bertz CT molecular complexity index is 222. The molecule has 80 valence electrons. The summed E-state index contributed by atoms with van der Waals surface area (Å²) in [7, 11) is 1.32. The van der Waals surface area contributed by atoms with Crippen LogP contribution in [0.3, 0.4) is 0 Å². The molecule has 0 aliphatic carbocycles. The van der Waals surface area contributed by atoms with Gasteiger partial charge in [0.1, 0.15) is 0 Å². The third-order valence-electron chi connectivity index (χ3n) is 1.74. The second kappa shape index (κ2) is 8.41. The van der Waals surface area contributed by atoms with Gasteiger partial charge in [0.15, 0.2) is 0 Å². The number of halogens is 2. The van der Waals surface area contributed by atoms with Crippen molar-refractivity contribution in [3.05, 3.63) is 24.3 Å². The number of hydrogen-bond acceptors (Lipinski definition) is 2. The fourth-order valence-electron chi connectivity index (χ4n) is 0.956. The molecule has 0 saturated heterocycles. The van der Waals surface area contributed by atoms with Crippen LogP contribution < -0.4 is 0 Å². The number of allylic oxidation sites excluding steroid dienone is 2. The zero-order valence-electron chi connectivity index (χ0n) is 8.13. The van der Waals surface area contributed by atoms with E-state index in [1.165, 1.54) is 7.11 Å². The lowest BCUT2D eigenvalue weighted by atomic mass is 10.1. The van der Waals surface area contributed by atoms with Gasteiger partial charge < -0.3 is 4.74 Å². The average molecular weight is 204 g/mol. The highest BCUT2D eigenvalue weighted by Gasteiger charge is 2.00.